The monoisotopic (exact) mass is 350 g/mol. The van der Waals surface area contributed by atoms with Gasteiger partial charge in [0, 0.05) is 0 Å². The van der Waals surface area contributed by atoms with Crippen LogP contribution in [0.1, 0.15) is 58.2 Å². The van der Waals surface area contributed by atoms with E-state index < -0.39 is 23.7 Å². The van der Waals surface area contributed by atoms with Gasteiger partial charge >= 0.3 is 5.97 Å². The third-order valence-electron chi connectivity index (χ3n) is 4.09. The molecule has 5 nitrogen and oxygen atoms in total. The minimum atomic E-state index is -0.898. The van der Waals surface area contributed by atoms with Gasteiger partial charge < -0.3 is 21.3 Å². The van der Waals surface area contributed by atoms with Gasteiger partial charge in [0.15, 0.2) is 0 Å². The molecule has 1 aliphatic carbocycles. The number of benzene rings is 1. The molecule has 25 heavy (non-hydrogen) atoms. The first kappa shape index (κ1) is 21.6. The van der Waals surface area contributed by atoms with Crippen molar-refractivity contribution in [3.05, 3.63) is 35.4 Å². The summed E-state index contributed by atoms with van der Waals surface area (Å²) in [6.45, 7) is 10.6. The minimum absolute atomic E-state index is 0.384. The van der Waals surface area contributed by atoms with Crippen LogP contribution in [0.25, 0.3) is 0 Å². The molecule has 0 spiro atoms. The van der Waals surface area contributed by atoms with Crippen molar-refractivity contribution < 1.29 is 14.6 Å². The second-order valence-electron chi connectivity index (χ2n) is 8.03. The van der Waals surface area contributed by atoms with Gasteiger partial charge in [-0.1, -0.05) is 38.1 Å². The summed E-state index contributed by atoms with van der Waals surface area (Å²) in [5.74, 6) is -0.205. The molecule has 2 rings (SSSR count). The molecule has 0 radical (unpaired) electrons. The number of hydrogen-bond acceptors (Lipinski definition) is 5. The fourth-order valence-electron chi connectivity index (χ4n) is 2.77. The van der Waals surface area contributed by atoms with E-state index in [-0.39, 0.29) is 5.97 Å². The number of ether oxygens (including phenoxy) is 1. The van der Waals surface area contributed by atoms with Gasteiger partial charge in [-0.05, 0) is 57.2 Å². The van der Waals surface area contributed by atoms with Crippen LogP contribution >= 0.6 is 0 Å². The summed E-state index contributed by atoms with van der Waals surface area (Å²) in [7, 11) is 0. The zero-order valence-corrected chi connectivity index (χ0v) is 16.2. The molecule has 0 heterocycles. The van der Waals surface area contributed by atoms with Crippen molar-refractivity contribution in [2.24, 2.45) is 23.3 Å². The van der Waals surface area contributed by atoms with Crippen LogP contribution in [0, 0.1) is 11.8 Å². The number of aliphatic hydroxyl groups is 1. The lowest BCUT2D eigenvalue weighted by atomic mass is 9.79. The van der Waals surface area contributed by atoms with Crippen molar-refractivity contribution in [2.75, 3.05) is 6.54 Å². The van der Waals surface area contributed by atoms with E-state index in [2.05, 4.69) is 13.8 Å². The molecule has 3 atom stereocenters. The molecule has 5 N–H and O–H groups in total. The average molecular weight is 351 g/mol. The maximum absolute atomic E-state index is 12.1. The lowest BCUT2D eigenvalue weighted by Crippen LogP contribution is -2.44. The van der Waals surface area contributed by atoms with Gasteiger partial charge in [-0.2, -0.15) is 0 Å². The lowest BCUT2D eigenvalue weighted by Gasteiger charge is -2.34. The zero-order valence-electron chi connectivity index (χ0n) is 16.2. The summed E-state index contributed by atoms with van der Waals surface area (Å²) < 4.78 is 5.36. The number of aliphatic hydroxyl groups excluding tert-OH is 1. The maximum Gasteiger partial charge on any atom is 0.312 e. The lowest BCUT2D eigenvalue weighted by molar-refractivity contribution is -0.165. The number of rotatable bonds is 3. The van der Waals surface area contributed by atoms with E-state index in [1.54, 1.807) is 0 Å². The van der Waals surface area contributed by atoms with Crippen molar-refractivity contribution in [1.29, 1.82) is 0 Å². The number of carbonyl (C=O) groups is 1. The summed E-state index contributed by atoms with van der Waals surface area (Å²) in [6, 6.07) is 7.10. The molecular formula is C20H34N2O3. The van der Waals surface area contributed by atoms with E-state index in [9.17, 15) is 9.90 Å². The second kappa shape index (κ2) is 9.32. The Balaban J connectivity index is 0.000000450. The van der Waals surface area contributed by atoms with Gasteiger partial charge in [-0.3, -0.25) is 4.79 Å². The minimum Gasteiger partial charge on any atom is -0.460 e. The highest BCUT2D eigenvalue weighted by atomic mass is 16.6. The summed E-state index contributed by atoms with van der Waals surface area (Å²) in [4.78, 5) is 12.1. The Hall–Kier alpha value is -1.43. The molecule has 0 saturated heterocycles. The highest BCUT2D eigenvalue weighted by Gasteiger charge is 2.39. The molecule has 1 aromatic rings. The van der Waals surface area contributed by atoms with Gasteiger partial charge in [0.2, 0.25) is 0 Å². The van der Waals surface area contributed by atoms with Crippen molar-refractivity contribution in [3.8, 4) is 0 Å². The normalized spacial score (nSPS) is 22.7. The predicted octanol–water partition coefficient (Wildman–Crippen LogP) is 2.55. The van der Waals surface area contributed by atoms with Crippen LogP contribution in [0.4, 0.5) is 0 Å². The Morgan fingerprint density at radius 2 is 1.92 bits per heavy atom. The van der Waals surface area contributed by atoms with Gasteiger partial charge in [-0.25, -0.2) is 0 Å². The van der Waals surface area contributed by atoms with Crippen molar-refractivity contribution in [2.45, 2.75) is 65.2 Å². The molecular weight excluding hydrogens is 316 g/mol. The van der Waals surface area contributed by atoms with Crippen LogP contribution in [-0.2, 0) is 16.0 Å². The Morgan fingerprint density at radius 3 is 2.40 bits per heavy atom. The van der Waals surface area contributed by atoms with Crippen LogP contribution in [0.15, 0.2) is 24.3 Å². The van der Waals surface area contributed by atoms with Crippen LogP contribution in [0.2, 0.25) is 0 Å². The molecule has 1 aliphatic rings. The molecule has 1 aromatic carbocycles. The van der Waals surface area contributed by atoms with Crippen LogP contribution in [-0.4, -0.2) is 29.3 Å². The first-order valence-electron chi connectivity index (χ1n) is 9.01. The van der Waals surface area contributed by atoms with Gasteiger partial charge in [0.25, 0.3) is 0 Å². The Kier molecular flexibility index (Phi) is 8.06. The Bertz CT molecular complexity index is 552. The number of fused-ring (bicyclic) bond motifs is 1. The second-order valence-corrected chi connectivity index (χ2v) is 8.03. The van der Waals surface area contributed by atoms with E-state index in [1.165, 1.54) is 0 Å². The largest absolute Gasteiger partial charge is 0.460 e. The number of hydrogen-bond donors (Lipinski definition) is 3. The first-order chi connectivity index (χ1) is 11.6. The Morgan fingerprint density at radius 1 is 1.32 bits per heavy atom. The highest BCUT2D eigenvalue weighted by Crippen LogP contribution is 2.33. The maximum atomic E-state index is 12.1. The van der Waals surface area contributed by atoms with E-state index in [4.69, 9.17) is 16.2 Å². The van der Waals surface area contributed by atoms with Gasteiger partial charge in [0.05, 0.1) is 18.1 Å². The summed E-state index contributed by atoms with van der Waals surface area (Å²) in [6.07, 6.45) is 0.727. The summed E-state index contributed by atoms with van der Waals surface area (Å²) in [5.41, 5.74) is 12.6. The standard InChI is InChI=1S/C15H21NO3.C5H13N/c1-15(2,3)19-14(18)11-8-9-6-4-5-7-10(9)12(16)13(11)17;1-5(2)3-4-6/h4-7,11-13,17H,8,16H2,1-3H3;5H,3-4,6H2,1-2H3/t11-,12-,13+;/m1./s1. The highest BCUT2D eigenvalue weighted by molar-refractivity contribution is 5.75. The molecule has 0 amide bonds. The average Bonchev–Trinajstić information content (AvgIpc) is 2.49. The third kappa shape index (κ3) is 6.77. The molecule has 0 saturated carbocycles. The van der Waals surface area contributed by atoms with Crippen LogP contribution < -0.4 is 11.5 Å². The molecule has 0 fully saturated rings. The Labute approximate surface area is 151 Å². The molecule has 0 aromatic heterocycles. The van der Waals surface area contributed by atoms with Crippen LogP contribution in [0.3, 0.4) is 0 Å². The predicted molar refractivity (Wildman–Crippen MR) is 101 cm³/mol. The summed E-state index contributed by atoms with van der Waals surface area (Å²) in [5, 5.41) is 10.2. The first-order valence-corrected chi connectivity index (χ1v) is 9.01. The fourth-order valence-corrected chi connectivity index (χ4v) is 2.77. The van der Waals surface area contributed by atoms with E-state index in [0.717, 1.165) is 30.0 Å². The van der Waals surface area contributed by atoms with Crippen molar-refractivity contribution in [1.82, 2.24) is 0 Å². The number of nitrogens with two attached hydrogens (primary N) is 2. The van der Waals surface area contributed by atoms with E-state index >= 15 is 0 Å². The van der Waals surface area contributed by atoms with Gasteiger partial charge in [0.1, 0.15) is 5.60 Å². The SMILES string of the molecule is CC(C)(C)OC(=O)[C@@H]1Cc2ccccc2[C@@H](N)[C@H]1O.CC(C)CCN. The molecule has 5 heteroatoms. The molecule has 0 unspecified atom stereocenters. The topological polar surface area (TPSA) is 98.6 Å². The quantitative estimate of drug-likeness (QED) is 0.728. The smallest absolute Gasteiger partial charge is 0.312 e. The van der Waals surface area contributed by atoms with Crippen molar-refractivity contribution >= 4 is 5.97 Å². The summed E-state index contributed by atoms with van der Waals surface area (Å²) >= 11 is 0. The molecule has 142 valence electrons. The van der Waals surface area contributed by atoms with E-state index in [0.29, 0.717) is 6.42 Å². The fraction of sp³-hybridized carbons (Fsp3) is 0.650. The van der Waals surface area contributed by atoms with Crippen LogP contribution in [0.5, 0.6) is 0 Å². The van der Waals surface area contributed by atoms with Gasteiger partial charge in [-0.15, -0.1) is 0 Å². The third-order valence-corrected chi connectivity index (χ3v) is 4.09. The number of esters is 1. The molecule has 0 bridgehead atoms. The zero-order chi connectivity index (χ0) is 19.2. The van der Waals surface area contributed by atoms with Crippen molar-refractivity contribution in [3.63, 3.8) is 0 Å². The van der Waals surface area contributed by atoms with E-state index in [1.807, 2.05) is 45.0 Å². The molecule has 0 aliphatic heterocycles. The number of carbonyl (C=O) groups excluding carboxylic acids is 1.